The van der Waals surface area contributed by atoms with Gasteiger partial charge >= 0.3 is 0 Å². The van der Waals surface area contributed by atoms with Crippen LogP contribution < -0.4 is 10.0 Å². The van der Waals surface area contributed by atoms with E-state index in [0.29, 0.717) is 15.6 Å². The van der Waals surface area contributed by atoms with Crippen molar-refractivity contribution >= 4 is 50.7 Å². The number of halogens is 3. The highest BCUT2D eigenvalue weighted by molar-refractivity contribution is 7.89. The Balaban J connectivity index is 2.22. The van der Waals surface area contributed by atoms with Gasteiger partial charge in [-0.15, -0.1) is 0 Å². The zero-order valence-electron chi connectivity index (χ0n) is 12.4. The zero-order chi connectivity index (χ0) is 17.9. The van der Waals surface area contributed by atoms with E-state index in [0.717, 1.165) is 0 Å². The van der Waals surface area contributed by atoms with Gasteiger partial charge in [0.05, 0.1) is 15.5 Å². The third-order valence-corrected chi connectivity index (χ3v) is 5.54. The lowest BCUT2D eigenvalue weighted by Gasteiger charge is -2.10. The fourth-order valence-electron chi connectivity index (χ4n) is 1.90. The van der Waals surface area contributed by atoms with Crippen LogP contribution in [0.25, 0.3) is 0 Å². The quantitative estimate of drug-likeness (QED) is 0.796. The van der Waals surface area contributed by atoms with Crippen LogP contribution in [0.4, 0.5) is 0 Å². The highest BCUT2D eigenvalue weighted by Crippen LogP contribution is 2.22. The van der Waals surface area contributed by atoms with Crippen LogP contribution in [-0.2, 0) is 16.6 Å². The number of rotatable bonds is 5. The summed E-state index contributed by atoms with van der Waals surface area (Å²) in [5, 5.41) is 3.70. The van der Waals surface area contributed by atoms with Gasteiger partial charge in [-0.25, -0.2) is 13.1 Å². The van der Waals surface area contributed by atoms with E-state index in [9.17, 15) is 13.2 Å². The number of amides is 1. The normalized spacial score (nSPS) is 11.3. The van der Waals surface area contributed by atoms with E-state index in [2.05, 4.69) is 10.0 Å². The molecular formula is C15H13Cl3N2O3S. The zero-order valence-corrected chi connectivity index (χ0v) is 15.5. The Morgan fingerprint density at radius 2 is 1.75 bits per heavy atom. The molecule has 2 rings (SSSR count). The van der Waals surface area contributed by atoms with Crippen LogP contribution >= 0.6 is 34.8 Å². The summed E-state index contributed by atoms with van der Waals surface area (Å²) in [5.41, 5.74) is 0.725. The molecule has 0 aromatic heterocycles. The van der Waals surface area contributed by atoms with Gasteiger partial charge in [0, 0.05) is 16.6 Å². The topological polar surface area (TPSA) is 75.3 Å². The predicted molar refractivity (Wildman–Crippen MR) is 95.3 cm³/mol. The standard InChI is InChI=1S/C15H13Cl3N2O3S/c1-19-24(22,23)11-4-5-13(17)12(7-11)15(21)20-8-9-2-3-10(16)6-14(9)18/h2-7,19H,8H2,1H3,(H,20,21). The minimum atomic E-state index is -3.67. The van der Waals surface area contributed by atoms with Gasteiger partial charge in [0.15, 0.2) is 0 Å². The molecule has 0 heterocycles. The van der Waals surface area contributed by atoms with Crippen molar-refractivity contribution in [1.82, 2.24) is 10.0 Å². The smallest absolute Gasteiger partial charge is 0.253 e. The summed E-state index contributed by atoms with van der Waals surface area (Å²) in [7, 11) is -2.39. The fraction of sp³-hybridized carbons (Fsp3) is 0.133. The molecule has 9 heteroatoms. The van der Waals surface area contributed by atoms with Crippen LogP contribution in [0.5, 0.6) is 0 Å². The molecule has 0 saturated carbocycles. The predicted octanol–water partition coefficient (Wildman–Crippen LogP) is 3.48. The Morgan fingerprint density at radius 1 is 1.04 bits per heavy atom. The first-order valence-electron chi connectivity index (χ1n) is 6.70. The molecule has 0 fully saturated rings. The first kappa shape index (κ1) is 19.0. The van der Waals surface area contributed by atoms with Gasteiger partial charge in [0.25, 0.3) is 5.91 Å². The Kier molecular flexibility index (Phi) is 6.11. The average Bonchev–Trinajstić information content (AvgIpc) is 2.54. The summed E-state index contributed by atoms with van der Waals surface area (Å²) in [6, 6.07) is 8.80. The first-order chi connectivity index (χ1) is 11.2. The lowest BCUT2D eigenvalue weighted by Crippen LogP contribution is -2.24. The highest BCUT2D eigenvalue weighted by atomic mass is 35.5. The molecule has 2 aromatic carbocycles. The van der Waals surface area contributed by atoms with Crippen LogP contribution in [0, 0.1) is 0 Å². The molecule has 2 aromatic rings. The molecule has 0 aliphatic heterocycles. The van der Waals surface area contributed by atoms with Gasteiger partial charge < -0.3 is 5.32 Å². The Hall–Kier alpha value is -1.31. The van der Waals surface area contributed by atoms with Gasteiger partial charge in [-0.3, -0.25) is 4.79 Å². The SMILES string of the molecule is CNS(=O)(=O)c1ccc(Cl)c(C(=O)NCc2ccc(Cl)cc2Cl)c1. The Morgan fingerprint density at radius 3 is 2.38 bits per heavy atom. The summed E-state index contributed by atoms with van der Waals surface area (Å²) in [6.45, 7) is 0.147. The van der Waals surface area contributed by atoms with Crippen LogP contribution in [-0.4, -0.2) is 21.4 Å². The summed E-state index contributed by atoms with van der Waals surface area (Å²) < 4.78 is 25.8. The molecule has 5 nitrogen and oxygen atoms in total. The molecule has 0 unspecified atom stereocenters. The minimum Gasteiger partial charge on any atom is -0.348 e. The van der Waals surface area contributed by atoms with E-state index in [-0.39, 0.29) is 22.0 Å². The molecular weight excluding hydrogens is 395 g/mol. The van der Waals surface area contributed by atoms with Crippen molar-refractivity contribution in [3.63, 3.8) is 0 Å². The maximum atomic E-state index is 12.3. The molecule has 0 spiro atoms. The molecule has 0 radical (unpaired) electrons. The molecule has 0 aliphatic rings. The van der Waals surface area contributed by atoms with Crippen LogP contribution in [0.15, 0.2) is 41.3 Å². The van der Waals surface area contributed by atoms with Crippen molar-refractivity contribution in [3.05, 3.63) is 62.6 Å². The molecule has 128 valence electrons. The van der Waals surface area contributed by atoms with Crippen LogP contribution in [0.2, 0.25) is 15.1 Å². The fourth-order valence-corrected chi connectivity index (χ4v) is 3.33. The van der Waals surface area contributed by atoms with E-state index in [1.807, 2.05) is 0 Å². The van der Waals surface area contributed by atoms with Gasteiger partial charge in [-0.05, 0) is 42.9 Å². The summed E-state index contributed by atoms with van der Waals surface area (Å²) >= 11 is 17.9. The van der Waals surface area contributed by atoms with E-state index >= 15 is 0 Å². The second-order valence-electron chi connectivity index (χ2n) is 4.77. The van der Waals surface area contributed by atoms with Gasteiger partial charge in [0.2, 0.25) is 10.0 Å². The van der Waals surface area contributed by atoms with E-state index in [1.165, 1.54) is 25.2 Å². The highest BCUT2D eigenvalue weighted by Gasteiger charge is 2.17. The number of nitrogens with one attached hydrogen (secondary N) is 2. The van der Waals surface area contributed by atoms with E-state index in [4.69, 9.17) is 34.8 Å². The number of benzene rings is 2. The first-order valence-corrected chi connectivity index (χ1v) is 9.31. The molecule has 2 N–H and O–H groups in total. The summed E-state index contributed by atoms with van der Waals surface area (Å²) in [6.07, 6.45) is 0. The second kappa shape index (κ2) is 7.72. The largest absolute Gasteiger partial charge is 0.348 e. The molecule has 0 aliphatic carbocycles. The van der Waals surface area contributed by atoms with Gasteiger partial charge in [0.1, 0.15) is 0 Å². The van der Waals surface area contributed by atoms with Crippen LogP contribution in [0.3, 0.4) is 0 Å². The van der Waals surface area contributed by atoms with Crippen molar-refractivity contribution < 1.29 is 13.2 Å². The third kappa shape index (κ3) is 4.40. The van der Waals surface area contributed by atoms with Crippen LogP contribution in [0.1, 0.15) is 15.9 Å². The molecule has 0 saturated heterocycles. The van der Waals surface area contributed by atoms with Crippen molar-refractivity contribution in [1.29, 1.82) is 0 Å². The van der Waals surface area contributed by atoms with E-state index < -0.39 is 15.9 Å². The maximum absolute atomic E-state index is 12.3. The number of carbonyl (C=O) groups is 1. The van der Waals surface area contributed by atoms with Crippen molar-refractivity contribution in [3.8, 4) is 0 Å². The van der Waals surface area contributed by atoms with E-state index in [1.54, 1.807) is 18.2 Å². The maximum Gasteiger partial charge on any atom is 0.253 e. The summed E-state index contributed by atoms with van der Waals surface area (Å²) in [5.74, 6) is -0.515. The monoisotopic (exact) mass is 406 g/mol. The molecule has 0 bridgehead atoms. The second-order valence-corrected chi connectivity index (χ2v) is 7.90. The molecule has 0 atom stereocenters. The number of sulfonamides is 1. The molecule has 24 heavy (non-hydrogen) atoms. The van der Waals surface area contributed by atoms with Crippen molar-refractivity contribution in [2.45, 2.75) is 11.4 Å². The number of carbonyl (C=O) groups excluding carboxylic acids is 1. The number of hydrogen-bond acceptors (Lipinski definition) is 3. The van der Waals surface area contributed by atoms with Gasteiger partial charge in [-0.1, -0.05) is 40.9 Å². The van der Waals surface area contributed by atoms with Crippen molar-refractivity contribution in [2.75, 3.05) is 7.05 Å². The number of hydrogen-bond donors (Lipinski definition) is 2. The summed E-state index contributed by atoms with van der Waals surface area (Å²) in [4.78, 5) is 12.3. The lowest BCUT2D eigenvalue weighted by molar-refractivity contribution is 0.0951. The van der Waals surface area contributed by atoms with Crippen molar-refractivity contribution in [2.24, 2.45) is 0 Å². The third-order valence-electron chi connectivity index (χ3n) is 3.22. The Bertz CT molecular complexity index is 886. The minimum absolute atomic E-state index is 0.0518. The lowest BCUT2D eigenvalue weighted by atomic mass is 10.2. The Labute approximate surface area is 155 Å². The average molecular weight is 408 g/mol. The molecule has 1 amide bonds. The van der Waals surface area contributed by atoms with Gasteiger partial charge in [-0.2, -0.15) is 0 Å².